The lowest BCUT2D eigenvalue weighted by Crippen LogP contribution is -2.27. The SMILES string of the molecule is CC(c1ccc(Cl)s1)N1CC(C#N)CC1=O. The van der Waals surface area contributed by atoms with Gasteiger partial charge in [-0.25, -0.2) is 0 Å². The van der Waals surface area contributed by atoms with Gasteiger partial charge in [-0.05, 0) is 19.1 Å². The van der Waals surface area contributed by atoms with Crippen molar-refractivity contribution in [2.24, 2.45) is 5.92 Å². The van der Waals surface area contributed by atoms with Crippen molar-refractivity contribution in [3.05, 3.63) is 21.3 Å². The van der Waals surface area contributed by atoms with Crippen LogP contribution in [0.1, 0.15) is 24.3 Å². The summed E-state index contributed by atoms with van der Waals surface area (Å²) in [6.07, 6.45) is 0.347. The number of hydrogen-bond donors (Lipinski definition) is 0. The summed E-state index contributed by atoms with van der Waals surface area (Å²) in [7, 11) is 0. The van der Waals surface area contributed by atoms with Crippen LogP contribution in [0, 0.1) is 17.2 Å². The molecule has 2 rings (SSSR count). The first kappa shape index (κ1) is 11.4. The fourth-order valence-electron chi connectivity index (χ4n) is 1.90. The Balaban J connectivity index is 2.14. The zero-order valence-electron chi connectivity index (χ0n) is 8.81. The molecule has 0 saturated carbocycles. The fourth-order valence-corrected chi connectivity index (χ4v) is 3.02. The Morgan fingerprint density at radius 2 is 2.44 bits per heavy atom. The molecule has 0 aliphatic carbocycles. The first-order chi connectivity index (χ1) is 7.61. The summed E-state index contributed by atoms with van der Waals surface area (Å²) in [4.78, 5) is 14.5. The molecular weight excluding hydrogens is 244 g/mol. The van der Waals surface area contributed by atoms with Crippen molar-refractivity contribution < 1.29 is 4.79 Å². The van der Waals surface area contributed by atoms with Crippen molar-refractivity contribution >= 4 is 28.8 Å². The van der Waals surface area contributed by atoms with Gasteiger partial charge in [0.15, 0.2) is 0 Å². The highest BCUT2D eigenvalue weighted by atomic mass is 35.5. The van der Waals surface area contributed by atoms with Crippen LogP contribution < -0.4 is 0 Å². The highest BCUT2D eigenvalue weighted by molar-refractivity contribution is 7.16. The Labute approximate surface area is 103 Å². The summed E-state index contributed by atoms with van der Waals surface area (Å²) in [5.41, 5.74) is 0. The summed E-state index contributed by atoms with van der Waals surface area (Å²) >= 11 is 7.35. The molecule has 1 saturated heterocycles. The van der Waals surface area contributed by atoms with Gasteiger partial charge in [-0.15, -0.1) is 11.3 Å². The van der Waals surface area contributed by atoms with E-state index in [9.17, 15) is 4.79 Å². The maximum Gasteiger partial charge on any atom is 0.224 e. The Hall–Kier alpha value is -1.05. The summed E-state index contributed by atoms with van der Waals surface area (Å²) in [6, 6.07) is 5.94. The lowest BCUT2D eigenvalue weighted by molar-refractivity contribution is -0.129. The van der Waals surface area contributed by atoms with Gasteiger partial charge in [-0.2, -0.15) is 5.26 Å². The highest BCUT2D eigenvalue weighted by Gasteiger charge is 2.33. The van der Waals surface area contributed by atoms with E-state index in [0.717, 1.165) is 9.21 Å². The maximum absolute atomic E-state index is 11.7. The number of carbonyl (C=O) groups is 1. The number of likely N-dealkylation sites (tertiary alicyclic amines) is 1. The van der Waals surface area contributed by atoms with Crippen LogP contribution in [-0.2, 0) is 4.79 Å². The summed E-state index contributed by atoms with van der Waals surface area (Å²) < 4.78 is 0.727. The van der Waals surface area contributed by atoms with Crippen LogP contribution in [0.3, 0.4) is 0 Å². The molecule has 2 unspecified atom stereocenters. The van der Waals surface area contributed by atoms with Gasteiger partial charge in [0, 0.05) is 17.8 Å². The number of nitriles is 1. The second-order valence-corrected chi connectivity index (χ2v) is 5.64. The van der Waals surface area contributed by atoms with E-state index in [1.807, 2.05) is 19.1 Å². The molecule has 1 fully saturated rings. The van der Waals surface area contributed by atoms with Crippen LogP contribution >= 0.6 is 22.9 Å². The number of hydrogen-bond acceptors (Lipinski definition) is 3. The maximum atomic E-state index is 11.7. The lowest BCUT2D eigenvalue weighted by Gasteiger charge is -2.23. The molecule has 1 aromatic rings. The summed E-state index contributed by atoms with van der Waals surface area (Å²) in [5.74, 6) is -0.103. The molecule has 1 aliphatic heterocycles. The van der Waals surface area contributed by atoms with E-state index < -0.39 is 0 Å². The third-order valence-corrected chi connectivity index (χ3v) is 4.22. The zero-order valence-corrected chi connectivity index (χ0v) is 10.4. The van der Waals surface area contributed by atoms with E-state index in [1.54, 1.807) is 4.90 Å². The largest absolute Gasteiger partial charge is 0.334 e. The molecule has 0 radical (unpaired) electrons. The van der Waals surface area contributed by atoms with Crippen LogP contribution in [0.4, 0.5) is 0 Å². The molecule has 1 aromatic heterocycles. The van der Waals surface area contributed by atoms with Gasteiger partial charge in [0.2, 0.25) is 5.91 Å². The number of thiophene rings is 1. The van der Waals surface area contributed by atoms with Crippen LogP contribution in [0.15, 0.2) is 12.1 Å². The minimum absolute atomic E-state index is 0.0170. The van der Waals surface area contributed by atoms with E-state index in [4.69, 9.17) is 16.9 Å². The molecule has 16 heavy (non-hydrogen) atoms. The van der Waals surface area contributed by atoms with E-state index in [0.29, 0.717) is 13.0 Å². The molecule has 2 heterocycles. The van der Waals surface area contributed by atoms with E-state index in [-0.39, 0.29) is 17.9 Å². The smallest absolute Gasteiger partial charge is 0.224 e. The summed E-state index contributed by atoms with van der Waals surface area (Å²) in [6.45, 7) is 2.51. The zero-order chi connectivity index (χ0) is 11.7. The normalized spacial score (nSPS) is 22.2. The summed E-state index contributed by atoms with van der Waals surface area (Å²) in [5, 5.41) is 8.81. The molecule has 1 aliphatic rings. The minimum Gasteiger partial charge on any atom is -0.334 e. The van der Waals surface area contributed by atoms with Crippen molar-refractivity contribution in [2.75, 3.05) is 6.54 Å². The molecule has 5 heteroatoms. The second-order valence-electron chi connectivity index (χ2n) is 3.89. The molecule has 0 N–H and O–H groups in total. The topological polar surface area (TPSA) is 44.1 Å². The lowest BCUT2D eigenvalue weighted by atomic mass is 10.1. The van der Waals surface area contributed by atoms with Crippen molar-refractivity contribution in [1.82, 2.24) is 4.90 Å². The molecule has 3 nitrogen and oxygen atoms in total. The van der Waals surface area contributed by atoms with Gasteiger partial charge in [0.25, 0.3) is 0 Å². The third kappa shape index (κ3) is 2.06. The highest BCUT2D eigenvalue weighted by Crippen LogP contribution is 2.33. The third-order valence-electron chi connectivity index (χ3n) is 2.81. The number of carbonyl (C=O) groups excluding carboxylic acids is 1. The molecule has 0 spiro atoms. The average molecular weight is 255 g/mol. The molecular formula is C11H11ClN2OS. The number of nitrogens with zero attached hydrogens (tertiary/aromatic N) is 2. The van der Waals surface area contributed by atoms with Crippen molar-refractivity contribution in [2.45, 2.75) is 19.4 Å². The van der Waals surface area contributed by atoms with Gasteiger partial charge in [0.05, 0.1) is 22.4 Å². The van der Waals surface area contributed by atoms with Crippen molar-refractivity contribution in [1.29, 1.82) is 5.26 Å². The van der Waals surface area contributed by atoms with E-state index in [1.165, 1.54) is 11.3 Å². The predicted octanol–water partition coefficient (Wildman–Crippen LogP) is 2.83. The van der Waals surface area contributed by atoms with Gasteiger partial charge in [0.1, 0.15) is 0 Å². The monoisotopic (exact) mass is 254 g/mol. The first-order valence-electron chi connectivity index (χ1n) is 5.06. The minimum atomic E-state index is -0.162. The standard InChI is InChI=1S/C11H11ClN2OS/c1-7(9-2-3-10(12)16-9)14-6-8(5-13)4-11(14)15/h2-3,7-8H,4,6H2,1H3. The van der Waals surface area contributed by atoms with Crippen molar-refractivity contribution in [3.63, 3.8) is 0 Å². The number of amides is 1. The molecule has 2 atom stereocenters. The van der Waals surface area contributed by atoms with Gasteiger partial charge in [-0.3, -0.25) is 4.79 Å². The Kier molecular flexibility index (Phi) is 3.17. The van der Waals surface area contributed by atoms with E-state index >= 15 is 0 Å². The Bertz CT molecular complexity index is 451. The molecule has 1 amide bonds. The Morgan fingerprint density at radius 3 is 2.94 bits per heavy atom. The van der Waals surface area contributed by atoms with Crippen LogP contribution in [0.2, 0.25) is 4.34 Å². The number of rotatable bonds is 2. The number of halogens is 1. The van der Waals surface area contributed by atoms with Crippen LogP contribution in [0.25, 0.3) is 0 Å². The Morgan fingerprint density at radius 1 is 1.69 bits per heavy atom. The van der Waals surface area contributed by atoms with E-state index in [2.05, 4.69) is 6.07 Å². The van der Waals surface area contributed by atoms with Gasteiger partial charge in [-0.1, -0.05) is 11.6 Å². The second kappa shape index (κ2) is 4.44. The average Bonchev–Trinajstić information content (AvgIpc) is 2.83. The van der Waals surface area contributed by atoms with Crippen molar-refractivity contribution in [3.8, 4) is 6.07 Å². The van der Waals surface area contributed by atoms with Gasteiger partial charge < -0.3 is 4.90 Å². The van der Waals surface area contributed by atoms with Crippen LogP contribution in [-0.4, -0.2) is 17.4 Å². The fraction of sp³-hybridized carbons (Fsp3) is 0.455. The van der Waals surface area contributed by atoms with Crippen LogP contribution in [0.5, 0.6) is 0 Å². The quantitative estimate of drug-likeness (QED) is 0.815. The first-order valence-corrected chi connectivity index (χ1v) is 6.25. The molecule has 0 aromatic carbocycles. The molecule has 84 valence electrons. The predicted molar refractivity (Wildman–Crippen MR) is 63.2 cm³/mol. The van der Waals surface area contributed by atoms with Gasteiger partial charge >= 0.3 is 0 Å². The molecule has 0 bridgehead atoms.